The molecule has 7 heteroatoms. The molecule has 1 amide bonds. The average molecular weight is 392 g/mol. The van der Waals surface area contributed by atoms with E-state index in [9.17, 15) is 4.79 Å². The smallest absolute Gasteiger partial charge is 0.287 e. The normalized spacial score (nSPS) is 16.0. The van der Waals surface area contributed by atoms with Crippen LogP contribution in [-0.4, -0.2) is 29.8 Å². The Bertz CT molecular complexity index is 785. The zero-order chi connectivity index (χ0) is 17.1. The number of hydrogen-bond acceptors (Lipinski definition) is 4. The highest BCUT2D eigenvalue weighted by Gasteiger charge is 2.21. The molecule has 1 atom stereocenters. The van der Waals surface area contributed by atoms with Gasteiger partial charge in [-0.15, -0.1) is 0 Å². The van der Waals surface area contributed by atoms with E-state index in [4.69, 9.17) is 9.47 Å². The largest absolute Gasteiger partial charge is 0.493 e. The van der Waals surface area contributed by atoms with Crippen LogP contribution in [0.15, 0.2) is 34.0 Å². The van der Waals surface area contributed by atoms with Gasteiger partial charge >= 0.3 is 0 Å². The summed E-state index contributed by atoms with van der Waals surface area (Å²) in [5.41, 5.74) is 4.80. The predicted octanol–water partition coefficient (Wildman–Crippen LogP) is 3.26. The van der Waals surface area contributed by atoms with Gasteiger partial charge in [0.2, 0.25) is 0 Å². The molecule has 0 aliphatic carbocycles. The zero-order valence-electron chi connectivity index (χ0n) is 13.4. The maximum atomic E-state index is 12.0. The van der Waals surface area contributed by atoms with Crippen molar-refractivity contribution in [3.8, 4) is 11.5 Å². The van der Waals surface area contributed by atoms with E-state index in [1.165, 1.54) is 0 Å². The van der Waals surface area contributed by atoms with Gasteiger partial charge in [-0.25, -0.2) is 5.43 Å². The number of aromatic amines is 1. The Kier molecular flexibility index (Phi) is 4.89. The lowest BCUT2D eigenvalue weighted by Gasteiger charge is -2.09. The quantitative estimate of drug-likeness (QED) is 0.606. The fourth-order valence-electron chi connectivity index (χ4n) is 2.56. The summed E-state index contributed by atoms with van der Waals surface area (Å²) >= 11 is 3.29. The number of nitrogens with one attached hydrogen (secondary N) is 2. The molecule has 0 radical (unpaired) electrons. The number of amides is 1. The summed E-state index contributed by atoms with van der Waals surface area (Å²) < 4.78 is 12.2. The highest BCUT2D eigenvalue weighted by atomic mass is 79.9. The lowest BCUT2D eigenvalue weighted by molar-refractivity contribution is 0.0950. The highest BCUT2D eigenvalue weighted by molar-refractivity contribution is 9.10. The lowest BCUT2D eigenvalue weighted by Crippen LogP contribution is -2.17. The molecule has 6 nitrogen and oxygen atoms in total. The molecule has 1 aromatic heterocycles. The molecule has 126 valence electrons. The SMILES string of the molecule is CCOc1cc2c(cc1/C=N\NC(=O)c1cc(Br)c[nH]1)O[C@H](C)C2. The van der Waals surface area contributed by atoms with Gasteiger partial charge in [0, 0.05) is 28.2 Å². The van der Waals surface area contributed by atoms with Gasteiger partial charge in [-0.05, 0) is 48.0 Å². The molecule has 0 spiro atoms. The second-order valence-corrected chi connectivity index (χ2v) is 6.41. The Morgan fingerprint density at radius 3 is 3.08 bits per heavy atom. The minimum absolute atomic E-state index is 0.160. The first kappa shape index (κ1) is 16.6. The standard InChI is InChI=1S/C17H18BrN3O3/c1-3-23-15-5-11-4-10(2)24-16(11)6-12(15)8-20-21-17(22)14-7-13(18)9-19-14/h5-10,19H,3-4H2,1-2H3,(H,21,22)/b20-8-/t10-/m1/s1. The fourth-order valence-corrected chi connectivity index (χ4v) is 2.90. The van der Waals surface area contributed by atoms with E-state index in [2.05, 4.69) is 31.4 Å². The second-order valence-electron chi connectivity index (χ2n) is 5.49. The van der Waals surface area contributed by atoms with Crippen LogP contribution in [0.4, 0.5) is 0 Å². The molecule has 3 rings (SSSR count). The molecule has 0 bridgehead atoms. The molecule has 0 unspecified atom stereocenters. The van der Waals surface area contributed by atoms with Crippen molar-refractivity contribution < 1.29 is 14.3 Å². The van der Waals surface area contributed by atoms with Gasteiger partial charge in [0.15, 0.2) is 0 Å². The Labute approximate surface area is 148 Å². The summed E-state index contributed by atoms with van der Waals surface area (Å²) in [4.78, 5) is 14.8. The third kappa shape index (κ3) is 3.62. The van der Waals surface area contributed by atoms with Crippen LogP contribution in [0, 0.1) is 0 Å². The van der Waals surface area contributed by atoms with Crippen LogP contribution in [0.2, 0.25) is 0 Å². The fraction of sp³-hybridized carbons (Fsp3) is 0.294. The van der Waals surface area contributed by atoms with Crippen molar-refractivity contribution in [2.24, 2.45) is 5.10 Å². The number of aromatic nitrogens is 1. The van der Waals surface area contributed by atoms with E-state index in [1.807, 2.05) is 26.0 Å². The summed E-state index contributed by atoms with van der Waals surface area (Å²) in [6, 6.07) is 5.55. The number of carbonyl (C=O) groups excluding carboxylic acids is 1. The van der Waals surface area contributed by atoms with E-state index >= 15 is 0 Å². The number of ether oxygens (including phenoxy) is 2. The van der Waals surface area contributed by atoms with E-state index in [-0.39, 0.29) is 12.0 Å². The first-order valence-electron chi connectivity index (χ1n) is 7.70. The monoisotopic (exact) mass is 391 g/mol. The first-order chi connectivity index (χ1) is 11.6. The number of nitrogens with zero attached hydrogens (tertiary/aromatic N) is 1. The van der Waals surface area contributed by atoms with Crippen molar-refractivity contribution in [3.05, 3.63) is 45.7 Å². The van der Waals surface area contributed by atoms with Gasteiger partial charge in [-0.1, -0.05) is 0 Å². The Balaban J connectivity index is 1.76. The van der Waals surface area contributed by atoms with Crippen LogP contribution in [0.25, 0.3) is 0 Å². The number of hydrogen-bond donors (Lipinski definition) is 2. The van der Waals surface area contributed by atoms with Gasteiger partial charge in [0.25, 0.3) is 5.91 Å². The minimum Gasteiger partial charge on any atom is -0.493 e. The molecule has 1 aliphatic heterocycles. The minimum atomic E-state index is -0.319. The molecular formula is C17H18BrN3O3. The molecule has 0 fully saturated rings. The van der Waals surface area contributed by atoms with Crippen LogP contribution >= 0.6 is 15.9 Å². The summed E-state index contributed by atoms with van der Waals surface area (Å²) in [6.45, 7) is 4.51. The summed E-state index contributed by atoms with van der Waals surface area (Å²) in [5.74, 6) is 1.25. The van der Waals surface area contributed by atoms with E-state index < -0.39 is 0 Å². The van der Waals surface area contributed by atoms with Gasteiger partial charge in [-0.3, -0.25) is 4.79 Å². The number of benzene rings is 1. The molecule has 2 heterocycles. The molecule has 2 aromatic rings. The third-order valence-electron chi connectivity index (χ3n) is 3.59. The van der Waals surface area contributed by atoms with Crippen molar-refractivity contribution >= 4 is 28.1 Å². The van der Waals surface area contributed by atoms with Crippen LogP contribution < -0.4 is 14.9 Å². The number of halogens is 1. The molecule has 0 saturated carbocycles. The number of hydrazone groups is 1. The van der Waals surface area contributed by atoms with Gasteiger partial charge in [0.1, 0.15) is 23.3 Å². The molecule has 1 aliphatic rings. The Morgan fingerprint density at radius 2 is 2.38 bits per heavy atom. The topological polar surface area (TPSA) is 75.7 Å². The highest BCUT2D eigenvalue weighted by Crippen LogP contribution is 2.34. The lowest BCUT2D eigenvalue weighted by atomic mass is 10.1. The van der Waals surface area contributed by atoms with Crippen molar-refractivity contribution in [3.63, 3.8) is 0 Å². The maximum Gasteiger partial charge on any atom is 0.287 e. The molecular weight excluding hydrogens is 374 g/mol. The van der Waals surface area contributed by atoms with Crippen molar-refractivity contribution in [1.29, 1.82) is 0 Å². The molecule has 0 saturated heterocycles. The maximum absolute atomic E-state index is 12.0. The summed E-state index contributed by atoms with van der Waals surface area (Å²) in [7, 11) is 0. The van der Waals surface area contributed by atoms with Crippen LogP contribution in [0.5, 0.6) is 11.5 Å². The van der Waals surface area contributed by atoms with E-state index in [0.717, 1.165) is 33.5 Å². The van der Waals surface area contributed by atoms with Crippen molar-refractivity contribution in [2.75, 3.05) is 6.61 Å². The van der Waals surface area contributed by atoms with Crippen LogP contribution in [-0.2, 0) is 6.42 Å². The molecule has 1 aromatic carbocycles. The van der Waals surface area contributed by atoms with E-state index in [0.29, 0.717) is 12.3 Å². The summed E-state index contributed by atoms with van der Waals surface area (Å²) in [6.07, 6.45) is 4.27. The van der Waals surface area contributed by atoms with Crippen molar-refractivity contribution in [1.82, 2.24) is 10.4 Å². The van der Waals surface area contributed by atoms with Crippen LogP contribution in [0.3, 0.4) is 0 Å². The molecule has 2 N–H and O–H groups in total. The Hall–Kier alpha value is -2.28. The second kappa shape index (κ2) is 7.09. The number of carbonyl (C=O) groups is 1. The number of rotatable bonds is 5. The van der Waals surface area contributed by atoms with Crippen molar-refractivity contribution in [2.45, 2.75) is 26.4 Å². The average Bonchev–Trinajstić information content (AvgIpc) is 3.12. The third-order valence-corrected chi connectivity index (χ3v) is 4.05. The number of fused-ring (bicyclic) bond motifs is 1. The summed E-state index contributed by atoms with van der Waals surface area (Å²) in [5, 5.41) is 4.02. The van der Waals surface area contributed by atoms with Gasteiger partial charge in [0.05, 0.1) is 12.8 Å². The Morgan fingerprint density at radius 1 is 1.54 bits per heavy atom. The van der Waals surface area contributed by atoms with Gasteiger partial charge < -0.3 is 14.5 Å². The van der Waals surface area contributed by atoms with Gasteiger partial charge in [-0.2, -0.15) is 5.10 Å². The predicted molar refractivity (Wildman–Crippen MR) is 95.0 cm³/mol. The first-order valence-corrected chi connectivity index (χ1v) is 8.49. The van der Waals surface area contributed by atoms with E-state index in [1.54, 1.807) is 18.5 Å². The number of H-pyrrole nitrogens is 1. The zero-order valence-corrected chi connectivity index (χ0v) is 15.0. The van der Waals surface area contributed by atoms with Crippen LogP contribution in [0.1, 0.15) is 35.5 Å². The molecule has 24 heavy (non-hydrogen) atoms.